The van der Waals surface area contributed by atoms with Crippen LogP contribution in [0.1, 0.15) is 18.9 Å². The normalized spacial score (nSPS) is 20.8. The van der Waals surface area contributed by atoms with E-state index in [2.05, 4.69) is 26.8 Å². The first-order valence-electron chi connectivity index (χ1n) is 4.41. The van der Waals surface area contributed by atoms with Crippen LogP contribution in [0.3, 0.4) is 0 Å². The van der Waals surface area contributed by atoms with E-state index in [0.717, 1.165) is 23.5 Å². The van der Waals surface area contributed by atoms with Gasteiger partial charge in [0.2, 0.25) is 0 Å². The number of imidazole rings is 1. The Morgan fingerprint density at radius 3 is 3.46 bits per heavy atom. The molecular weight excluding hydrogens is 164 g/mol. The van der Waals surface area contributed by atoms with Crippen molar-refractivity contribution in [3.63, 3.8) is 0 Å². The predicted octanol–water partition coefficient (Wildman–Crippen LogP) is 1.05. The molecule has 1 unspecified atom stereocenters. The SMILES string of the molecule is CC1NCc2nc3cccnc3n21. The van der Waals surface area contributed by atoms with Crippen molar-refractivity contribution in [2.75, 3.05) is 0 Å². The van der Waals surface area contributed by atoms with Gasteiger partial charge in [0.05, 0.1) is 12.7 Å². The van der Waals surface area contributed by atoms with Crippen LogP contribution in [0.5, 0.6) is 0 Å². The number of aromatic nitrogens is 3. The molecule has 0 aliphatic carbocycles. The molecule has 0 fully saturated rings. The zero-order chi connectivity index (χ0) is 8.84. The highest BCUT2D eigenvalue weighted by atomic mass is 15.3. The van der Waals surface area contributed by atoms with Crippen molar-refractivity contribution in [3.05, 3.63) is 24.2 Å². The first-order chi connectivity index (χ1) is 6.36. The highest BCUT2D eigenvalue weighted by Gasteiger charge is 2.21. The van der Waals surface area contributed by atoms with Gasteiger partial charge in [-0.2, -0.15) is 0 Å². The van der Waals surface area contributed by atoms with Crippen LogP contribution >= 0.6 is 0 Å². The van der Waals surface area contributed by atoms with Crippen molar-refractivity contribution in [2.45, 2.75) is 19.6 Å². The van der Waals surface area contributed by atoms with Crippen LogP contribution in [-0.4, -0.2) is 14.5 Å². The van der Waals surface area contributed by atoms with Crippen molar-refractivity contribution in [1.82, 2.24) is 19.9 Å². The summed E-state index contributed by atoms with van der Waals surface area (Å²) in [7, 11) is 0. The van der Waals surface area contributed by atoms with Gasteiger partial charge in [-0.05, 0) is 19.1 Å². The molecule has 3 rings (SSSR count). The molecule has 0 saturated heterocycles. The Bertz CT molecular complexity index is 460. The molecule has 0 spiro atoms. The van der Waals surface area contributed by atoms with E-state index in [-0.39, 0.29) is 0 Å². The Labute approximate surface area is 75.6 Å². The standard InChI is InChI=1S/C9H10N4/c1-6-11-5-8-12-7-3-2-4-10-9(7)13(6)8/h2-4,6,11H,5H2,1H3. The molecule has 0 bridgehead atoms. The number of hydrogen-bond acceptors (Lipinski definition) is 3. The molecule has 2 aromatic rings. The molecule has 66 valence electrons. The van der Waals surface area contributed by atoms with Gasteiger partial charge >= 0.3 is 0 Å². The maximum atomic E-state index is 4.48. The molecule has 0 amide bonds. The highest BCUT2D eigenvalue weighted by molar-refractivity contribution is 5.71. The van der Waals surface area contributed by atoms with Gasteiger partial charge in [-0.25, -0.2) is 9.97 Å². The summed E-state index contributed by atoms with van der Waals surface area (Å²) in [5.41, 5.74) is 1.97. The lowest BCUT2D eigenvalue weighted by Crippen LogP contribution is -2.12. The van der Waals surface area contributed by atoms with Gasteiger partial charge in [-0.3, -0.25) is 9.88 Å². The first-order valence-corrected chi connectivity index (χ1v) is 4.41. The topological polar surface area (TPSA) is 42.7 Å². The van der Waals surface area contributed by atoms with Crippen molar-refractivity contribution < 1.29 is 0 Å². The summed E-state index contributed by atoms with van der Waals surface area (Å²) in [6.07, 6.45) is 2.12. The minimum absolute atomic E-state index is 0.315. The molecule has 4 nitrogen and oxygen atoms in total. The van der Waals surface area contributed by atoms with Crippen LogP contribution in [0.15, 0.2) is 18.3 Å². The van der Waals surface area contributed by atoms with Crippen molar-refractivity contribution >= 4 is 11.2 Å². The van der Waals surface area contributed by atoms with E-state index in [0.29, 0.717) is 6.17 Å². The van der Waals surface area contributed by atoms with Gasteiger partial charge < -0.3 is 0 Å². The van der Waals surface area contributed by atoms with Crippen molar-refractivity contribution in [2.24, 2.45) is 0 Å². The van der Waals surface area contributed by atoms with Crippen molar-refractivity contribution in [3.8, 4) is 0 Å². The monoisotopic (exact) mass is 174 g/mol. The molecule has 1 atom stereocenters. The fourth-order valence-corrected chi connectivity index (χ4v) is 1.84. The Balaban J connectivity index is 2.40. The van der Waals surface area contributed by atoms with E-state index in [1.165, 1.54) is 0 Å². The maximum absolute atomic E-state index is 4.48. The van der Waals surface area contributed by atoms with Crippen LogP contribution in [0, 0.1) is 0 Å². The Hall–Kier alpha value is -1.42. The number of nitrogens with zero attached hydrogens (tertiary/aromatic N) is 3. The van der Waals surface area contributed by atoms with Gasteiger partial charge in [0.15, 0.2) is 5.65 Å². The molecule has 0 radical (unpaired) electrons. The molecule has 1 aliphatic heterocycles. The second-order valence-electron chi connectivity index (χ2n) is 3.30. The lowest BCUT2D eigenvalue weighted by molar-refractivity contribution is 0.520. The second-order valence-corrected chi connectivity index (χ2v) is 3.30. The van der Waals surface area contributed by atoms with E-state index in [9.17, 15) is 0 Å². The number of hydrogen-bond donors (Lipinski definition) is 1. The maximum Gasteiger partial charge on any atom is 0.161 e. The van der Waals surface area contributed by atoms with Crippen LogP contribution in [0.25, 0.3) is 11.2 Å². The van der Waals surface area contributed by atoms with Crippen LogP contribution in [0.4, 0.5) is 0 Å². The second kappa shape index (κ2) is 2.29. The predicted molar refractivity (Wildman–Crippen MR) is 49.1 cm³/mol. The lowest BCUT2D eigenvalue weighted by Gasteiger charge is -2.06. The summed E-state index contributed by atoms with van der Waals surface area (Å²) in [4.78, 5) is 8.81. The molecule has 2 aromatic heterocycles. The molecule has 1 N–H and O–H groups in total. The lowest BCUT2D eigenvalue weighted by atomic mass is 10.4. The summed E-state index contributed by atoms with van der Waals surface area (Å²) in [5.74, 6) is 1.08. The number of nitrogens with one attached hydrogen (secondary N) is 1. The smallest absolute Gasteiger partial charge is 0.161 e. The van der Waals surface area contributed by atoms with E-state index < -0.39 is 0 Å². The van der Waals surface area contributed by atoms with Crippen LogP contribution < -0.4 is 5.32 Å². The summed E-state index contributed by atoms with van der Waals surface area (Å²) in [6, 6.07) is 3.92. The van der Waals surface area contributed by atoms with Gasteiger partial charge in [-0.1, -0.05) is 0 Å². The molecule has 3 heterocycles. The molecule has 13 heavy (non-hydrogen) atoms. The minimum atomic E-state index is 0.315. The largest absolute Gasteiger partial charge is 0.296 e. The summed E-state index contributed by atoms with van der Waals surface area (Å²) in [6.45, 7) is 2.96. The number of rotatable bonds is 0. The molecule has 0 saturated carbocycles. The summed E-state index contributed by atoms with van der Waals surface area (Å²) < 4.78 is 2.15. The van der Waals surface area contributed by atoms with Gasteiger partial charge in [-0.15, -0.1) is 0 Å². The third-order valence-corrected chi connectivity index (χ3v) is 2.46. The van der Waals surface area contributed by atoms with Crippen molar-refractivity contribution in [1.29, 1.82) is 0 Å². The molecule has 4 heteroatoms. The zero-order valence-corrected chi connectivity index (χ0v) is 7.36. The summed E-state index contributed by atoms with van der Waals surface area (Å²) in [5, 5.41) is 3.32. The zero-order valence-electron chi connectivity index (χ0n) is 7.36. The fraction of sp³-hybridized carbons (Fsp3) is 0.333. The van der Waals surface area contributed by atoms with E-state index >= 15 is 0 Å². The van der Waals surface area contributed by atoms with E-state index in [1.54, 1.807) is 0 Å². The van der Waals surface area contributed by atoms with Gasteiger partial charge in [0.1, 0.15) is 11.3 Å². The average molecular weight is 174 g/mol. The molecule has 1 aliphatic rings. The van der Waals surface area contributed by atoms with E-state index in [1.807, 2.05) is 18.3 Å². The Morgan fingerprint density at radius 2 is 2.54 bits per heavy atom. The number of pyridine rings is 1. The number of fused-ring (bicyclic) bond motifs is 3. The minimum Gasteiger partial charge on any atom is -0.296 e. The third kappa shape index (κ3) is 0.833. The molecular formula is C9H10N4. The average Bonchev–Trinajstić information content (AvgIpc) is 2.66. The quantitative estimate of drug-likeness (QED) is 0.649. The first kappa shape index (κ1) is 7.03. The van der Waals surface area contributed by atoms with Crippen LogP contribution in [-0.2, 0) is 6.54 Å². The Morgan fingerprint density at radius 1 is 1.62 bits per heavy atom. The fourth-order valence-electron chi connectivity index (χ4n) is 1.84. The van der Waals surface area contributed by atoms with Gasteiger partial charge in [0.25, 0.3) is 0 Å². The van der Waals surface area contributed by atoms with Gasteiger partial charge in [0, 0.05) is 6.20 Å². The molecule has 0 aromatic carbocycles. The Kier molecular flexibility index (Phi) is 1.24. The summed E-state index contributed by atoms with van der Waals surface area (Å²) >= 11 is 0. The van der Waals surface area contributed by atoms with Crippen LogP contribution in [0.2, 0.25) is 0 Å². The van der Waals surface area contributed by atoms with E-state index in [4.69, 9.17) is 0 Å². The highest BCUT2D eigenvalue weighted by Crippen LogP contribution is 2.22. The third-order valence-electron chi connectivity index (χ3n) is 2.46.